The average molecular weight is 990 g/mol. The Labute approximate surface area is 439 Å². The van der Waals surface area contributed by atoms with E-state index in [1.54, 1.807) is 0 Å². The van der Waals surface area contributed by atoms with Crippen molar-refractivity contribution >= 4 is 17.9 Å². The van der Waals surface area contributed by atoms with Crippen LogP contribution < -0.4 is 0 Å². The van der Waals surface area contributed by atoms with E-state index in [0.29, 0.717) is 19.3 Å². The van der Waals surface area contributed by atoms with Crippen LogP contribution in [0.4, 0.5) is 0 Å². The Morgan fingerprint density at radius 3 is 0.915 bits per heavy atom. The number of rotatable bonds is 54. The molecule has 0 N–H and O–H groups in total. The van der Waals surface area contributed by atoms with Crippen molar-refractivity contribution in [2.45, 2.75) is 297 Å². The lowest BCUT2D eigenvalue weighted by Gasteiger charge is -2.18. The van der Waals surface area contributed by atoms with Crippen LogP contribution >= 0.6 is 0 Å². The highest BCUT2D eigenvalue weighted by Gasteiger charge is 2.19. The Hall–Kier alpha value is -3.41. The maximum absolute atomic E-state index is 12.9. The molecule has 0 aromatic rings. The van der Waals surface area contributed by atoms with E-state index in [1.165, 1.54) is 167 Å². The summed E-state index contributed by atoms with van der Waals surface area (Å²) in [6.45, 7) is 6.49. The van der Waals surface area contributed by atoms with Gasteiger partial charge in [-0.2, -0.15) is 0 Å². The first kappa shape index (κ1) is 67.6. The van der Waals surface area contributed by atoms with Gasteiger partial charge in [0.1, 0.15) is 13.2 Å². The number of esters is 3. The summed E-state index contributed by atoms with van der Waals surface area (Å²) in [5, 5.41) is 0. The molecule has 0 aromatic heterocycles. The topological polar surface area (TPSA) is 78.9 Å². The Kier molecular flexibility index (Phi) is 56.3. The standard InChI is InChI=1S/C65H112O6/c1-4-7-10-13-16-19-22-25-28-31-32-35-37-40-43-46-49-52-55-58-64(67)70-61-62(71-65(68)59-56-53-50-47-44-41-38-34-30-27-24-21-18-15-12-9-6-3)60-69-63(66)57-54-51-48-45-42-39-36-33-29-26-23-20-17-14-11-8-5-2/h9,12,18,21,25-30,38,41,47,50,62H,4-8,10-11,13-17,19-20,22-24,31-37,39-40,42-46,48-49,51-61H2,1-3H3/b12-9+,21-18+,28-25+,29-26+,30-27+,41-38+,50-47+/t62-/m1/s1. The number of ether oxygens (including phenoxy) is 3. The Bertz CT molecular complexity index is 1370. The molecule has 0 saturated carbocycles. The summed E-state index contributed by atoms with van der Waals surface area (Å²) in [7, 11) is 0. The van der Waals surface area contributed by atoms with Gasteiger partial charge >= 0.3 is 17.9 Å². The van der Waals surface area contributed by atoms with Crippen LogP contribution in [0.3, 0.4) is 0 Å². The summed E-state index contributed by atoms with van der Waals surface area (Å²) in [6.07, 6.45) is 77.2. The largest absolute Gasteiger partial charge is 0.462 e. The van der Waals surface area contributed by atoms with E-state index in [0.717, 1.165) is 77.0 Å². The number of unbranched alkanes of at least 4 members (excludes halogenated alkanes) is 29. The van der Waals surface area contributed by atoms with Crippen LogP contribution in [0.1, 0.15) is 290 Å². The lowest BCUT2D eigenvalue weighted by atomic mass is 10.1. The van der Waals surface area contributed by atoms with Gasteiger partial charge in [0.05, 0.1) is 0 Å². The molecule has 0 aromatic carbocycles. The molecule has 6 nitrogen and oxygen atoms in total. The van der Waals surface area contributed by atoms with E-state index in [1.807, 2.05) is 0 Å². The molecule has 71 heavy (non-hydrogen) atoms. The number of hydrogen-bond donors (Lipinski definition) is 0. The van der Waals surface area contributed by atoms with Crippen LogP contribution in [0.2, 0.25) is 0 Å². The second kappa shape index (κ2) is 59.2. The molecule has 0 radical (unpaired) electrons. The molecule has 0 unspecified atom stereocenters. The predicted octanol–water partition coefficient (Wildman–Crippen LogP) is 20.3. The van der Waals surface area contributed by atoms with Gasteiger partial charge in [0.2, 0.25) is 0 Å². The summed E-state index contributed by atoms with van der Waals surface area (Å²) in [4.78, 5) is 38.2. The van der Waals surface area contributed by atoms with Crippen molar-refractivity contribution in [3.63, 3.8) is 0 Å². The maximum Gasteiger partial charge on any atom is 0.306 e. The molecule has 0 rings (SSSR count). The van der Waals surface area contributed by atoms with Crippen molar-refractivity contribution in [1.82, 2.24) is 0 Å². The summed E-state index contributed by atoms with van der Waals surface area (Å²) < 4.78 is 16.8. The van der Waals surface area contributed by atoms with E-state index >= 15 is 0 Å². The van der Waals surface area contributed by atoms with Crippen LogP contribution in [0.5, 0.6) is 0 Å². The van der Waals surface area contributed by atoms with Crippen LogP contribution in [0.15, 0.2) is 85.1 Å². The molecule has 0 aliphatic heterocycles. The van der Waals surface area contributed by atoms with Crippen molar-refractivity contribution in [2.24, 2.45) is 0 Å². The van der Waals surface area contributed by atoms with Crippen LogP contribution in [0, 0.1) is 0 Å². The average Bonchev–Trinajstić information content (AvgIpc) is 3.37. The second-order valence-electron chi connectivity index (χ2n) is 19.9. The molecule has 1 atom stereocenters. The fraction of sp³-hybridized carbons (Fsp3) is 0.738. The molecular formula is C65H112O6. The van der Waals surface area contributed by atoms with Gasteiger partial charge in [0.15, 0.2) is 6.10 Å². The van der Waals surface area contributed by atoms with Crippen molar-refractivity contribution in [1.29, 1.82) is 0 Å². The normalized spacial score (nSPS) is 12.7. The summed E-state index contributed by atoms with van der Waals surface area (Å²) >= 11 is 0. The van der Waals surface area contributed by atoms with E-state index in [4.69, 9.17) is 14.2 Å². The number of carbonyl (C=O) groups is 3. The van der Waals surface area contributed by atoms with Gasteiger partial charge in [0.25, 0.3) is 0 Å². The highest BCUT2D eigenvalue weighted by atomic mass is 16.6. The Morgan fingerprint density at radius 1 is 0.296 bits per heavy atom. The molecule has 6 heteroatoms. The summed E-state index contributed by atoms with van der Waals surface area (Å²) in [5.74, 6) is -0.958. The molecule has 0 heterocycles. The molecule has 0 aliphatic rings. The van der Waals surface area contributed by atoms with Crippen LogP contribution in [-0.4, -0.2) is 37.2 Å². The van der Waals surface area contributed by atoms with Gasteiger partial charge in [0, 0.05) is 19.3 Å². The molecule has 0 bridgehead atoms. The molecule has 408 valence electrons. The van der Waals surface area contributed by atoms with Gasteiger partial charge in [-0.15, -0.1) is 0 Å². The lowest BCUT2D eigenvalue weighted by molar-refractivity contribution is -0.167. The first-order valence-corrected chi connectivity index (χ1v) is 30.1. The van der Waals surface area contributed by atoms with Crippen molar-refractivity contribution in [2.75, 3.05) is 13.2 Å². The zero-order chi connectivity index (χ0) is 51.4. The van der Waals surface area contributed by atoms with Gasteiger partial charge < -0.3 is 14.2 Å². The van der Waals surface area contributed by atoms with Crippen molar-refractivity contribution in [3.8, 4) is 0 Å². The molecule has 0 fully saturated rings. The maximum atomic E-state index is 12.9. The fourth-order valence-corrected chi connectivity index (χ4v) is 8.35. The lowest BCUT2D eigenvalue weighted by Crippen LogP contribution is -2.30. The summed E-state index contributed by atoms with van der Waals surface area (Å²) in [6, 6.07) is 0. The van der Waals surface area contributed by atoms with E-state index in [9.17, 15) is 14.4 Å². The van der Waals surface area contributed by atoms with Crippen LogP contribution in [-0.2, 0) is 28.6 Å². The third kappa shape index (κ3) is 57.4. The SMILES string of the molecule is CC/C=C/C/C=C/C/C=C/C/C=C/C/C=C/CCCC(=O)O[C@H](COC(=O)CCCCCCCCC/C=C/CCCCCCCC)COC(=O)CCCCCCCCCCC/C=C/CCCCCCCC. The first-order valence-electron chi connectivity index (χ1n) is 30.1. The van der Waals surface area contributed by atoms with Crippen LogP contribution in [0.25, 0.3) is 0 Å². The minimum absolute atomic E-state index is 0.101. The quantitative estimate of drug-likeness (QED) is 0.0261. The number of carbonyl (C=O) groups excluding carboxylic acids is 3. The number of hydrogen-bond acceptors (Lipinski definition) is 6. The third-order valence-corrected chi connectivity index (χ3v) is 12.9. The highest BCUT2D eigenvalue weighted by Crippen LogP contribution is 2.15. The van der Waals surface area contributed by atoms with Crippen molar-refractivity contribution in [3.05, 3.63) is 85.1 Å². The van der Waals surface area contributed by atoms with Gasteiger partial charge in [-0.1, -0.05) is 247 Å². The smallest absolute Gasteiger partial charge is 0.306 e. The predicted molar refractivity (Wildman–Crippen MR) is 307 cm³/mol. The molecule has 0 spiro atoms. The summed E-state index contributed by atoms with van der Waals surface area (Å²) in [5.41, 5.74) is 0. The zero-order valence-electron chi connectivity index (χ0n) is 46.7. The monoisotopic (exact) mass is 989 g/mol. The van der Waals surface area contributed by atoms with Gasteiger partial charge in [-0.05, 0) is 109 Å². The Morgan fingerprint density at radius 2 is 0.563 bits per heavy atom. The third-order valence-electron chi connectivity index (χ3n) is 12.9. The second-order valence-corrected chi connectivity index (χ2v) is 19.9. The Balaban J connectivity index is 4.45. The van der Waals surface area contributed by atoms with E-state index < -0.39 is 6.10 Å². The minimum Gasteiger partial charge on any atom is -0.462 e. The van der Waals surface area contributed by atoms with Gasteiger partial charge in [-0.25, -0.2) is 0 Å². The highest BCUT2D eigenvalue weighted by molar-refractivity contribution is 5.71. The molecule has 0 saturated heterocycles. The van der Waals surface area contributed by atoms with E-state index in [2.05, 4.69) is 106 Å². The first-order chi connectivity index (χ1) is 35.0. The molecular weight excluding hydrogens is 877 g/mol. The van der Waals surface area contributed by atoms with Crippen molar-refractivity contribution < 1.29 is 28.6 Å². The zero-order valence-corrected chi connectivity index (χ0v) is 46.7. The minimum atomic E-state index is -0.810. The number of allylic oxidation sites excluding steroid dienone is 14. The van der Waals surface area contributed by atoms with E-state index in [-0.39, 0.29) is 37.5 Å². The molecule has 0 aliphatic carbocycles. The fourth-order valence-electron chi connectivity index (χ4n) is 8.35. The molecule has 0 amide bonds. The van der Waals surface area contributed by atoms with Gasteiger partial charge in [-0.3, -0.25) is 14.4 Å².